The van der Waals surface area contributed by atoms with Crippen LogP contribution in [0.25, 0.3) is 22.3 Å². The van der Waals surface area contributed by atoms with Gasteiger partial charge in [-0.2, -0.15) is 4.68 Å². The van der Waals surface area contributed by atoms with Crippen LogP contribution in [0.1, 0.15) is 15.9 Å². The van der Waals surface area contributed by atoms with Crippen molar-refractivity contribution in [2.75, 3.05) is 5.43 Å². The highest BCUT2D eigenvalue weighted by atomic mass is 35.5. The third-order valence-corrected chi connectivity index (χ3v) is 4.62. The van der Waals surface area contributed by atoms with E-state index in [4.69, 9.17) is 11.6 Å². The van der Waals surface area contributed by atoms with E-state index in [1.807, 2.05) is 25.1 Å². The van der Waals surface area contributed by atoms with Gasteiger partial charge < -0.3 is 0 Å². The topological polar surface area (TPSA) is 64.0 Å². The second-order valence-corrected chi connectivity index (χ2v) is 6.85. The second kappa shape index (κ2) is 7.29. The van der Waals surface area contributed by atoms with Crippen LogP contribution in [0.5, 0.6) is 0 Å². The molecule has 1 heterocycles. The summed E-state index contributed by atoms with van der Waals surface area (Å²) in [5.74, 6) is -0.0888. The van der Waals surface area contributed by atoms with Crippen molar-refractivity contribution in [1.82, 2.24) is 9.66 Å². The van der Waals surface area contributed by atoms with E-state index >= 15 is 0 Å². The number of hydrogen-bond donors (Lipinski definition) is 1. The van der Waals surface area contributed by atoms with Gasteiger partial charge >= 0.3 is 0 Å². The summed E-state index contributed by atoms with van der Waals surface area (Å²) in [4.78, 5) is 30.4. The molecular weight excluding hydrogens is 374 g/mol. The first kappa shape index (κ1) is 17.9. The summed E-state index contributed by atoms with van der Waals surface area (Å²) in [5, 5.41) is 0.925. The summed E-state index contributed by atoms with van der Waals surface area (Å²) in [5.41, 5.74) is 4.98. The molecule has 0 spiro atoms. The van der Waals surface area contributed by atoms with E-state index in [1.165, 1.54) is 4.68 Å². The van der Waals surface area contributed by atoms with Gasteiger partial charge in [-0.15, -0.1) is 0 Å². The Labute approximate surface area is 166 Å². The Bertz CT molecular complexity index is 1250. The molecule has 4 aromatic rings. The highest BCUT2D eigenvalue weighted by molar-refractivity contribution is 6.30. The lowest BCUT2D eigenvalue weighted by Gasteiger charge is -2.15. The van der Waals surface area contributed by atoms with Crippen molar-refractivity contribution in [3.8, 4) is 11.4 Å². The molecular formula is C22H16ClN3O2. The fourth-order valence-electron chi connectivity index (χ4n) is 2.93. The van der Waals surface area contributed by atoms with E-state index in [2.05, 4.69) is 10.4 Å². The minimum atomic E-state index is -0.401. The molecule has 138 valence electrons. The number of nitrogens with one attached hydrogen (secondary N) is 1. The number of hydrogen-bond acceptors (Lipinski definition) is 3. The van der Waals surface area contributed by atoms with Crippen molar-refractivity contribution in [2.45, 2.75) is 6.92 Å². The molecule has 6 heteroatoms. The lowest BCUT2D eigenvalue weighted by Crippen LogP contribution is -2.35. The van der Waals surface area contributed by atoms with E-state index in [-0.39, 0.29) is 5.56 Å². The predicted octanol–water partition coefficient (Wildman–Crippen LogP) is 4.41. The average Bonchev–Trinajstić information content (AvgIpc) is 2.70. The molecule has 0 aliphatic rings. The van der Waals surface area contributed by atoms with Crippen LogP contribution >= 0.6 is 11.6 Å². The van der Waals surface area contributed by atoms with Crippen molar-refractivity contribution in [3.05, 3.63) is 99.3 Å². The molecule has 0 saturated carbocycles. The maximum Gasteiger partial charge on any atom is 0.280 e. The third-order valence-electron chi connectivity index (χ3n) is 4.39. The lowest BCUT2D eigenvalue weighted by molar-refractivity contribution is 0.101. The molecule has 0 aliphatic heterocycles. The minimum Gasteiger partial charge on any atom is -0.267 e. The molecule has 0 unspecified atom stereocenters. The number of fused-ring (bicyclic) bond motifs is 1. The van der Waals surface area contributed by atoms with Crippen LogP contribution in [-0.4, -0.2) is 15.6 Å². The first-order valence-corrected chi connectivity index (χ1v) is 9.06. The van der Waals surface area contributed by atoms with Crippen LogP contribution in [0.15, 0.2) is 77.6 Å². The monoisotopic (exact) mass is 389 g/mol. The number of rotatable bonds is 3. The molecule has 4 rings (SSSR count). The molecule has 0 saturated heterocycles. The van der Waals surface area contributed by atoms with E-state index < -0.39 is 5.91 Å². The molecule has 0 radical (unpaired) electrons. The molecule has 0 fully saturated rings. The zero-order valence-corrected chi connectivity index (χ0v) is 15.8. The van der Waals surface area contributed by atoms with Gasteiger partial charge in [0.05, 0.1) is 10.9 Å². The molecule has 28 heavy (non-hydrogen) atoms. The predicted molar refractivity (Wildman–Crippen MR) is 111 cm³/mol. The number of aryl methyl sites for hydroxylation is 1. The van der Waals surface area contributed by atoms with Gasteiger partial charge in [0.25, 0.3) is 11.5 Å². The normalized spacial score (nSPS) is 10.8. The number of carbonyl (C=O) groups is 1. The van der Waals surface area contributed by atoms with E-state index in [1.54, 1.807) is 54.6 Å². The molecule has 1 N–H and O–H groups in total. The third kappa shape index (κ3) is 3.40. The Morgan fingerprint density at radius 2 is 1.75 bits per heavy atom. The van der Waals surface area contributed by atoms with Crippen LogP contribution in [-0.2, 0) is 0 Å². The van der Waals surface area contributed by atoms with Gasteiger partial charge in [-0.05, 0) is 43.3 Å². The Kier molecular flexibility index (Phi) is 4.67. The summed E-state index contributed by atoms with van der Waals surface area (Å²) in [6.07, 6.45) is 0. The summed E-state index contributed by atoms with van der Waals surface area (Å²) < 4.78 is 1.18. The smallest absolute Gasteiger partial charge is 0.267 e. The lowest BCUT2D eigenvalue weighted by atomic mass is 10.1. The van der Waals surface area contributed by atoms with Crippen molar-refractivity contribution in [3.63, 3.8) is 0 Å². The fourth-order valence-corrected chi connectivity index (χ4v) is 3.12. The molecule has 5 nitrogen and oxygen atoms in total. The quantitative estimate of drug-likeness (QED) is 0.564. The number of amides is 1. The Morgan fingerprint density at radius 1 is 1.00 bits per heavy atom. The highest BCUT2D eigenvalue weighted by Gasteiger charge is 2.16. The van der Waals surface area contributed by atoms with Gasteiger partial charge in [0.15, 0.2) is 5.82 Å². The number of carbonyl (C=O) groups excluding carboxylic acids is 1. The maximum atomic E-state index is 13.1. The van der Waals surface area contributed by atoms with Crippen LogP contribution in [0, 0.1) is 6.92 Å². The first-order chi connectivity index (χ1) is 13.5. The van der Waals surface area contributed by atoms with Crippen molar-refractivity contribution < 1.29 is 4.79 Å². The van der Waals surface area contributed by atoms with Gasteiger partial charge in [0.1, 0.15) is 0 Å². The van der Waals surface area contributed by atoms with Gasteiger partial charge in [0, 0.05) is 16.1 Å². The standard InChI is InChI=1S/C22H16ClN3O2/c1-14-9-11-15(12-10-14)21(27)25-26-20(16-5-4-6-17(23)13-16)24-19-8-3-2-7-18(19)22(26)28/h2-13H,1H3,(H,25,27). The van der Waals surface area contributed by atoms with Crippen LogP contribution in [0.3, 0.4) is 0 Å². The van der Waals surface area contributed by atoms with E-state index in [0.717, 1.165) is 5.56 Å². The largest absolute Gasteiger partial charge is 0.280 e. The molecule has 0 bridgehead atoms. The van der Waals surface area contributed by atoms with E-state index in [0.29, 0.717) is 32.9 Å². The molecule has 1 amide bonds. The fraction of sp³-hybridized carbons (Fsp3) is 0.0455. The SMILES string of the molecule is Cc1ccc(C(=O)Nn2c(-c3cccc(Cl)c3)nc3ccccc3c2=O)cc1. The zero-order valence-electron chi connectivity index (χ0n) is 15.0. The van der Waals surface area contributed by atoms with Gasteiger partial charge in [-0.25, -0.2) is 4.98 Å². The Balaban J connectivity index is 1.89. The Morgan fingerprint density at radius 3 is 2.50 bits per heavy atom. The van der Waals surface area contributed by atoms with Crippen LogP contribution < -0.4 is 11.0 Å². The Hall–Kier alpha value is -3.44. The minimum absolute atomic E-state index is 0.312. The number of aromatic nitrogens is 2. The number of para-hydroxylation sites is 1. The van der Waals surface area contributed by atoms with Gasteiger partial charge in [0.2, 0.25) is 0 Å². The molecule has 0 aliphatic carbocycles. The second-order valence-electron chi connectivity index (χ2n) is 6.41. The van der Waals surface area contributed by atoms with E-state index in [9.17, 15) is 9.59 Å². The van der Waals surface area contributed by atoms with Crippen LogP contribution in [0.2, 0.25) is 5.02 Å². The van der Waals surface area contributed by atoms with Crippen LogP contribution in [0.4, 0.5) is 0 Å². The summed E-state index contributed by atoms with van der Waals surface area (Å²) >= 11 is 6.12. The van der Waals surface area contributed by atoms with Crippen molar-refractivity contribution >= 4 is 28.4 Å². The molecule has 1 aromatic heterocycles. The van der Waals surface area contributed by atoms with Gasteiger partial charge in [-0.1, -0.05) is 53.6 Å². The van der Waals surface area contributed by atoms with Gasteiger partial charge in [-0.3, -0.25) is 15.0 Å². The maximum absolute atomic E-state index is 13.1. The van der Waals surface area contributed by atoms with Crippen molar-refractivity contribution in [2.24, 2.45) is 0 Å². The molecule has 3 aromatic carbocycles. The summed E-state index contributed by atoms with van der Waals surface area (Å²) in [7, 11) is 0. The number of benzene rings is 3. The first-order valence-electron chi connectivity index (χ1n) is 8.69. The highest BCUT2D eigenvalue weighted by Crippen LogP contribution is 2.21. The van der Waals surface area contributed by atoms with Crippen molar-refractivity contribution in [1.29, 1.82) is 0 Å². The average molecular weight is 390 g/mol. The number of halogens is 1. The number of nitrogens with zero attached hydrogens (tertiary/aromatic N) is 2. The molecule has 0 atom stereocenters. The summed E-state index contributed by atoms with van der Waals surface area (Å²) in [6, 6.07) is 21.1. The zero-order chi connectivity index (χ0) is 19.7. The summed E-state index contributed by atoms with van der Waals surface area (Å²) in [6.45, 7) is 1.94.